The fourth-order valence-electron chi connectivity index (χ4n) is 2.12. The number of aryl methyl sites for hydroxylation is 1. The van der Waals surface area contributed by atoms with Crippen LogP contribution in [0, 0.1) is 0 Å². The van der Waals surface area contributed by atoms with Crippen LogP contribution >= 0.6 is 0 Å². The Bertz CT molecular complexity index is 552. The molecule has 3 rings (SSSR count). The average molecular weight is 197 g/mol. The summed E-state index contributed by atoms with van der Waals surface area (Å²) in [5.74, 6) is 0. The number of aromatic nitrogens is 1. The number of nitrogens with zero attached hydrogens (tertiary/aromatic N) is 1. The molecule has 0 unspecified atom stereocenters. The molecule has 0 bridgehead atoms. The van der Waals surface area contributed by atoms with Gasteiger partial charge in [0.15, 0.2) is 0 Å². The minimum atomic E-state index is 0. The lowest BCUT2D eigenvalue weighted by Crippen LogP contribution is -1.84. The third-order valence-electron chi connectivity index (χ3n) is 2.82. The van der Waals surface area contributed by atoms with Gasteiger partial charge in [-0.25, -0.2) is 0 Å². The summed E-state index contributed by atoms with van der Waals surface area (Å²) in [5, 5.41) is 2.68. The van der Waals surface area contributed by atoms with Crippen molar-refractivity contribution in [3.63, 3.8) is 0 Å². The number of hydrogen-bond donors (Lipinski definition) is 0. The predicted octanol–water partition coefficient (Wildman–Crippen LogP) is 3.97. The molecule has 0 spiro atoms. The predicted molar refractivity (Wildman–Crippen MR) is 67.2 cm³/mol. The number of rotatable bonds is 0. The van der Waals surface area contributed by atoms with E-state index in [0.717, 1.165) is 0 Å². The van der Waals surface area contributed by atoms with E-state index in [1.54, 1.807) is 0 Å². The second-order valence-corrected chi connectivity index (χ2v) is 3.59. The molecule has 1 heterocycles. The van der Waals surface area contributed by atoms with Crippen LogP contribution in [0.15, 0.2) is 48.5 Å². The zero-order chi connectivity index (χ0) is 9.54. The van der Waals surface area contributed by atoms with Crippen molar-refractivity contribution in [3.05, 3.63) is 48.5 Å². The normalized spacial score (nSPS) is 10.5. The maximum atomic E-state index is 2.24. The van der Waals surface area contributed by atoms with E-state index >= 15 is 0 Å². The third-order valence-corrected chi connectivity index (χ3v) is 2.82. The largest absolute Gasteiger partial charge is 0.344 e. The molecule has 0 aliphatic heterocycles. The van der Waals surface area contributed by atoms with Gasteiger partial charge in [-0.05, 0) is 12.1 Å². The van der Waals surface area contributed by atoms with E-state index in [-0.39, 0.29) is 7.43 Å². The van der Waals surface area contributed by atoms with Crippen LogP contribution in [-0.4, -0.2) is 4.57 Å². The molecule has 0 saturated carbocycles. The molecule has 0 amide bonds. The van der Waals surface area contributed by atoms with Gasteiger partial charge in [0.05, 0.1) is 0 Å². The second-order valence-electron chi connectivity index (χ2n) is 3.59. The molecule has 1 heteroatoms. The van der Waals surface area contributed by atoms with Gasteiger partial charge in [-0.1, -0.05) is 43.8 Å². The summed E-state index contributed by atoms with van der Waals surface area (Å²) in [5.41, 5.74) is 2.60. The topological polar surface area (TPSA) is 4.93 Å². The van der Waals surface area contributed by atoms with Crippen molar-refractivity contribution in [1.29, 1.82) is 0 Å². The summed E-state index contributed by atoms with van der Waals surface area (Å²) in [4.78, 5) is 0. The Labute approximate surface area is 89.9 Å². The van der Waals surface area contributed by atoms with Crippen molar-refractivity contribution in [3.8, 4) is 0 Å². The Kier molecular flexibility index (Phi) is 2.24. The summed E-state index contributed by atoms with van der Waals surface area (Å²) in [7, 11) is 2.12. The summed E-state index contributed by atoms with van der Waals surface area (Å²) in [6.07, 6.45) is 0. The van der Waals surface area contributed by atoms with E-state index in [1.165, 1.54) is 21.8 Å². The van der Waals surface area contributed by atoms with Gasteiger partial charge in [0.25, 0.3) is 0 Å². The van der Waals surface area contributed by atoms with Crippen LogP contribution < -0.4 is 0 Å². The van der Waals surface area contributed by atoms with Gasteiger partial charge in [0.1, 0.15) is 0 Å². The molecule has 0 atom stereocenters. The molecule has 0 saturated heterocycles. The highest BCUT2D eigenvalue weighted by Crippen LogP contribution is 2.26. The number of hydrogen-bond acceptors (Lipinski definition) is 0. The SMILES string of the molecule is C.Cn1c2ccccc2c2ccccc21. The summed E-state index contributed by atoms with van der Waals surface area (Å²) in [6.45, 7) is 0. The molecule has 0 N–H and O–H groups in total. The molecular formula is C14H15N. The van der Waals surface area contributed by atoms with E-state index in [0.29, 0.717) is 0 Å². The van der Waals surface area contributed by atoms with Crippen molar-refractivity contribution >= 4 is 21.8 Å². The van der Waals surface area contributed by atoms with Gasteiger partial charge in [-0.2, -0.15) is 0 Å². The molecule has 3 aromatic rings. The van der Waals surface area contributed by atoms with E-state index in [4.69, 9.17) is 0 Å². The van der Waals surface area contributed by atoms with Crippen molar-refractivity contribution in [2.45, 2.75) is 7.43 Å². The van der Waals surface area contributed by atoms with Crippen molar-refractivity contribution in [1.82, 2.24) is 4.57 Å². The lowest BCUT2D eigenvalue weighted by Gasteiger charge is -1.95. The molecule has 0 aliphatic rings. The Hall–Kier alpha value is -1.76. The molecule has 0 aliphatic carbocycles. The zero-order valence-corrected chi connectivity index (χ0v) is 8.07. The fraction of sp³-hybridized carbons (Fsp3) is 0.143. The zero-order valence-electron chi connectivity index (χ0n) is 8.07. The monoisotopic (exact) mass is 197 g/mol. The van der Waals surface area contributed by atoms with Gasteiger partial charge < -0.3 is 4.57 Å². The first-order chi connectivity index (χ1) is 6.88. The van der Waals surface area contributed by atoms with E-state index in [9.17, 15) is 0 Å². The Morgan fingerprint density at radius 3 is 1.60 bits per heavy atom. The van der Waals surface area contributed by atoms with Gasteiger partial charge >= 0.3 is 0 Å². The van der Waals surface area contributed by atoms with Crippen molar-refractivity contribution in [2.75, 3.05) is 0 Å². The molecule has 15 heavy (non-hydrogen) atoms. The van der Waals surface area contributed by atoms with E-state index in [2.05, 4.69) is 60.1 Å². The minimum absolute atomic E-state index is 0. The molecule has 1 nitrogen and oxygen atoms in total. The smallest absolute Gasteiger partial charge is 0.0488 e. The molecule has 1 aromatic heterocycles. The molecule has 0 radical (unpaired) electrons. The van der Waals surface area contributed by atoms with Crippen molar-refractivity contribution < 1.29 is 0 Å². The minimum Gasteiger partial charge on any atom is -0.344 e. The Morgan fingerprint density at radius 2 is 1.13 bits per heavy atom. The lowest BCUT2D eigenvalue weighted by molar-refractivity contribution is 1.01. The maximum absolute atomic E-state index is 2.24. The van der Waals surface area contributed by atoms with Crippen LogP contribution in [0.5, 0.6) is 0 Å². The summed E-state index contributed by atoms with van der Waals surface area (Å²) >= 11 is 0. The van der Waals surface area contributed by atoms with Gasteiger partial charge in [0, 0.05) is 28.9 Å². The fourth-order valence-corrected chi connectivity index (χ4v) is 2.12. The van der Waals surface area contributed by atoms with E-state index < -0.39 is 0 Å². The Morgan fingerprint density at radius 1 is 0.733 bits per heavy atom. The number of benzene rings is 2. The average Bonchev–Trinajstić information content (AvgIpc) is 2.55. The first-order valence-corrected chi connectivity index (χ1v) is 4.80. The third kappa shape index (κ3) is 1.23. The highest BCUT2D eigenvalue weighted by molar-refractivity contribution is 6.07. The molecular weight excluding hydrogens is 182 g/mol. The van der Waals surface area contributed by atoms with Crippen LogP contribution in [-0.2, 0) is 7.05 Å². The Balaban J connectivity index is 0.000000853. The van der Waals surface area contributed by atoms with E-state index in [1.807, 2.05) is 0 Å². The first kappa shape index (κ1) is 9.78. The number of para-hydroxylation sites is 2. The summed E-state index contributed by atoms with van der Waals surface area (Å²) < 4.78 is 2.24. The highest BCUT2D eigenvalue weighted by Gasteiger charge is 2.04. The highest BCUT2D eigenvalue weighted by atomic mass is 14.9. The van der Waals surface area contributed by atoms with Crippen LogP contribution in [0.25, 0.3) is 21.8 Å². The van der Waals surface area contributed by atoms with Crippen LogP contribution in [0.2, 0.25) is 0 Å². The summed E-state index contributed by atoms with van der Waals surface area (Å²) in [6, 6.07) is 17.0. The lowest BCUT2D eigenvalue weighted by atomic mass is 10.2. The maximum Gasteiger partial charge on any atom is 0.0488 e. The van der Waals surface area contributed by atoms with Gasteiger partial charge in [-0.3, -0.25) is 0 Å². The number of fused-ring (bicyclic) bond motifs is 3. The molecule has 2 aromatic carbocycles. The molecule has 0 fully saturated rings. The van der Waals surface area contributed by atoms with Gasteiger partial charge in [-0.15, -0.1) is 0 Å². The second kappa shape index (κ2) is 3.43. The first-order valence-electron chi connectivity index (χ1n) is 4.80. The van der Waals surface area contributed by atoms with Crippen molar-refractivity contribution in [2.24, 2.45) is 7.05 Å². The van der Waals surface area contributed by atoms with Gasteiger partial charge in [0.2, 0.25) is 0 Å². The molecule has 76 valence electrons. The van der Waals surface area contributed by atoms with Crippen LogP contribution in [0.4, 0.5) is 0 Å². The quantitative estimate of drug-likeness (QED) is 0.514. The van der Waals surface area contributed by atoms with Crippen LogP contribution in [0.1, 0.15) is 7.43 Å². The standard InChI is InChI=1S/C13H11N.CH4/c1-14-12-8-4-2-6-10(12)11-7-3-5-9-13(11)14;/h2-9H,1H3;1H4. The van der Waals surface area contributed by atoms with Crippen LogP contribution in [0.3, 0.4) is 0 Å².